The highest BCUT2D eigenvalue weighted by Crippen LogP contribution is 2.23. The summed E-state index contributed by atoms with van der Waals surface area (Å²) in [5.41, 5.74) is 2.24. The Bertz CT molecular complexity index is 778. The number of rotatable bonds is 3. The van der Waals surface area contributed by atoms with Crippen molar-refractivity contribution in [2.75, 3.05) is 5.32 Å². The first kappa shape index (κ1) is 14.5. The lowest BCUT2D eigenvalue weighted by Crippen LogP contribution is -2.30. The third kappa shape index (κ3) is 3.26. The molecule has 110 valence electrons. The molecule has 2 nitrogen and oxygen atoms in total. The van der Waals surface area contributed by atoms with Crippen LogP contribution in [-0.2, 0) is 0 Å². The van der Waals surface area contributed by atoms with Crippen molar-refractivity contribution in [2.45, 2.75) is 13.0 Å². The van der Waals surface area contributed by atoms with Gasteiger partial charge in [0.25, 0.3) is 0 Å². The summed E-state index contributed by atoms with van der Waals surface area (Å²) in [6.45, 7) is 2.10. The van der Waals surface area contributed by atoms with Crippen LogP contribution in [0.4, 0.5) is 5.69 Å². The van der Waals surface area contributed by atoms with Gasteiger partial charge in [-0.1, -0.05) is 66.7 Å². The molecule has 0 bridgehead atoms. The van der Waals surface area contributed by atoms with Gasteiger partial charge in [-0.15, -0.1) is 0 Å². The Balaban J connectivity index is 1.74. The molecule has 0 fully saturated rings. The van der Waals surface area contributed by atoms with Crippen LogP contribution in [0.15, 0.2) is 72.8 Å². The summed E-state index contributed by atoms with van der Waals surface area (Å²) in [5.74, 6) is 0. The van der Waals surface area contributed by atoms with Gasteiger partial charge in [0, 0.05) is 11.1 Å². The minimum atomic E-state index is 0.163. The number of fused-ring (bicyclic) bond motifs is 1. The molecule has 0 aliphatic heterocycles. The number of hydrogen-bond donors (Lipinski definition) is 2. The molecule has 0 aliphatic carbocycles. The smallest absolute Gasteiger partial charge is 0.171 e. The summed E-state index contributed by atoms with van der Waals surface area (Å²) >= 11 is 5.45. The largest absolute Gasteiger partial charge is 0.356 e. The molecule has 3 heteroatoms. The van der Waals surface area contributed by atoms with Crippen molar-refractivity contribution < 1.29 is 0 Å². The fourth-order valence-electron chi connectivity index (χ4n) is 2.51. The average Bonchev–Trinajstić information content (AvgIpc) is 2.56. The molecule has 3 aromatic rings. The van der Waals surface area contributed by atoms with Gasteiger partial charge in [0.15, 0.2) is 5.11 Å². The van der Waals surface area contributed by atoms with Crippen LogP contribution in [0.25, 0.3) is 10.8 Å². The van der Waals surface area contributed by atoms with Gasteiger partial charge in [0.2, 0.25) is 0 Å². The molecule has 2 N–H and O–H groups in total. The van der Waals surface area contributed by atoms with Gasteiger partial charge < -0.3 is 10.6 Å². The lowest BCUT2D eigenvalue weighted by molar-refractivity contribution is 0.723. The minimum Gasteiger partial charge on any atom is -0.356 e. The molecule has 0 aliphatic rings. The van der Waals surface area contributed by atoms with Crippen molar-refractivity contribution in [3.63, 3.8) is 0 Å². The first-order chi connectivity index (χ1) is 10.7. The second-order valence-corrected chi connectivity index (χ2v) is 5.67. The normalized spacial score (nSPS) is 11.9. The zero-order valence-corrected chi connectivity index (χ0v) is 13.2. The van der Waals surface area contributed by atoms with Crippen LogP contribution in [0.3, 0.4) is 0 Å². The van der Waals surface area contributed by atoms with E-state index >= 15 is 0 Å². The Kier molecular flexibility index (Phi) is 4.35. The highest BCUT2D eigenvalue weighted by atomic mass is 32.1. The van der Waals surface area contributed by atoms with Gasteiger partial charge in [0.05, 0.1) is 6.04 Å². The molecule has 3 aromatic carbocycles. The molecule has 0 unspecified atom stereocenters. The number of nitrogens with one attached hydrogen (secondary N) is 2. The quantitative estimate of drug-likeness (QED) is 0.674. The van der Waals surface area contributed by atoms with Crippen molar-refractivity contribution in [2.24, 2.45) is 0 Å². The van der Waals surface area contributed by atoms with Gasteiger partial charge in [-0.05, 0) is 36.2 Å². The van der Waals surface area contributed by atoms with Crippen LogP contribution < -0.4 is 10.6 Å². The van der Waals surface area contributed by atoms with Crippen LogP contribution in [0.5, 0.6) is 0 Å². The first-order valence-electron chi connectivity index (χ1n) is 7.34. The highest BCUT2D eigenvalue weighted by molar-refractivity contribution is 7.80. The Labute approximate surface area is 136 Å². The van der Waals surface area contributed by atoms with Crippen molar-refractivity contribution in [1.82, 2.24) is 5.32 Å². The van der Waals surface area contributed by atoms with Crippen molar-refractivity contribution in [3.05, 3.63) is 78.4 Å². The van der Waals surface area contributed by atoms with Crippen LogP contribution in [0.2, 0.25) is 0 Å². The number of benzene rings is 3. The standard InChI is InChI=1S/C19H18N2S/c1-14(15-8-3-2-4-9-15)20-19(22)21-18-13-7-11-16-10-5-6-12-17(16)18/h2-14H,1H3,(H2,20,21,22)/t14-/m1/s1. The fourth-order valence-corrected chi connectivity index (χ4v) is 2.80. The van der Waals surface area contributed by atoms with E-state index in [0.29, 0.717) is 5.11 Å². The molecule has 0 aromatic heterocycles. The van der Waals surface area contributed by atoms with E-state index in [1.54, 1.807) is 0 Å². The van der Waals surface area contributed by atoms with Gasteiger partial charge in [-0.2, -0.15) is 0 Å². The Morgan fingerprint density at radius 3 is 2.36 bits per heavy atom. The monoisotopic (exact) mass is 306 g/mol. The van der Waals surface area contributed by atoms with E-state index in [1.807, 2.05) is 42.5 Å². The summed E-state index contributed by atoms with van der Waals surface area (Å²) in [5, 5.41) is 9.64. The van der Waals surface area contributed by atoms with E-state index in [9.17, 15) is 0 Å². The summed E-state index contributed by atoms with van der Waals surface area (Å²) in [4.78, 5) is 0. The summed E-state index contributed by atoms with van der Waals surface area (Å²) in [7, 11) is 0. The van der Waals surface area contributed by atoms with Gasteiger partial charge in [-0.25, -0.2) is 0 Å². The maximum absolute atomic E-state index is 5.45. The van der Waals surface area contributed by atoms with E-state index in [1.165, 1.54) is 16.3 Å². The van der Waals surface area contributed by atoms with Gasteiger partial charge in [0.1, 0.15) is 0 Å². The summed E-state index contributed by atoms with van der Waals surface area (Å²) in [6, 6.07) is 24.9. The molecule has 0 heterocycles. The van der Waals surface area contributed by atoms with E-state index < -0.39 is 0 Å². The van der Waals surface area contributed by atoms with E-state index in [-0.39, 0.29) is 6.04 Å². The molecule has 22 heavy (non-hydrogen) atoms. The lowest BCUT2D eigenvalue weighted by Gasteiger charge is -2.18. The average molecular weight is 306 g/mol. The molecule has 1 atom stereocenters. The second kappa shape index (κ2) is 6.58. The molecule has 0 spiro atoms. The minimum absolute atomic E-state index is 0.163. The lowest BCUT2D eigenvalue weighted by atomic mass is 10.1. The third-order valence-electron chi connectivity index (χ3n) is 3.69. The predicted octanol–water partition coefficient (Wildman–Crippen LogP) is 4.89. The molecule has 0 amide bonds. The Morgan fingerprint density at radius 2 is 1.55 bits per heavy atom. The Morgan fingerprint density at radius 1 is 0.864 bits per heavy atom. The van der Waals surface area contributed by atoms with E-state index in [4.69, 9.17) is 12.2 Å². The number of anilines is 1. The van der Waals surface area contributed by atoms with Crippen molar-refractivity contribution in [3.8, 4) is 0 Å². The van der Waals surface area contributed by atoms with Crippen LogP contribution >= 0.6 is 12.2 Å². The fraction of sp³-hybridized carbons (Fsp3) is 0.105. The second-order valence-electron chi connectivity index (χ2n) is 5.26. The number of thiocarbonyl (C=S) groups is 1. The molecular formula is C19H18N2S. The van der Waals surface area contributed by atoms with Gasteiger partial charge in [-0.3, -0.25) is 0 Å². The maximum atomic E-state index is 5.45. The summed E-state index contributed by atoms with van der Waals surface area (Å²) in [6.07, 6.45) is 0. The zero-order chi connectivity index (χ0) is 15.4. The zero-order valence-electron chi connectivity index (χ0n) is 12.4. The first-order valence-corrected chi connectivity index (χ1v) is 7.75. The highest BCUT2D eigenvalue weighted by Gasteiger charge is 2.07. The summed E-state index contributed by atoms with van der Waals surface area (Å²) < 4.78 is 0. The maximum Gasteiger partial charge on any atom is 0.171 e. The molecule has 0 radical (unpaired) electrons. The van der Waals surface area contributed by atoms with Gasteiger partial charge >= 0.3 is 0 Å². The molecular weight excluding hydrogens is 288 g/mol. The van der Waals surface area contributed by atoms with E-state index in [0.717, 1.165) is 5.69 Å². The number of hydrogen-bond acceptors (Lipinski definition) is 1. The molecule has 0 saturated carbocycles. The predicted molar refractivity (Wildman–Crippen MR) is 98.2 cm³/mol. The van der Waals surface area contributed by atoms with Crippen molar-refractivity contribution in [1.29, 1.82) is 0 Å². The van der Waals surface area contributed by atoms with Crippen LogP contribution in [-0.4, -0.2) is 5.11 Å². The molecule has 3 rings (SSSR count). The third-order valence-corrected chi connectivity index (χ3v) is 3.90. The van der Waals surface area contributed by atoms with E-state index in [2.05, 4.69) is 47.9 Å². The van der Waals surface area contributed by atoms with Crippen LogP contribution in [0.1, 0.15) is 18.5 Å². The Hall–Kier alpha value is -2.39. The van der Waals surface area contributed by atoms with Crippen molar-refractivity contribution >= 4 is 33.8 Å². The van der Waals surface area contributed by atoms with Crippen LogP contribution in [0, 0.1) is 0 Å². The molecule has 0 saturated heterocycles. The topological polar surface area (TPSA) is 24.1 Å². The SMILES string of the molecule is C[C@@H](NC(=S)Nc1cccc2ccccc12)c1ccccc1.